The molecule has 1 unspecified atom stereocenters. The highest BCUT2D eigenvalue weighted by molar-refractivity contribution is 6.08. The van der Waals surface area contributed by atoms with Crippen molar-refractivity contribution in [3.05, 3.63) is 47.6 Å². The molecule has 0 aliphatic carbocycles. The maximum Gasteiger partial charge on any atom is 0.253 e. The predicted molar refractivity (Wildman–Crippen MR) is 85.6 cm³/mol. The summed E-state index contributed by atoms with van der Waals surface area (Å²) in [6.45, 7) is 0.642. The first-order valence-electron chi connectivity index (χ1n) is 7.47. The van der Waals surface area contributed by atoms with Gasteiger partial charge < -0.3 is 20.5 Å². The highest BCUT2D eigenvalue weighted by Gasteiger charge is 2.25. The molecule has 2 aliphatic heterocycles. The number of amides is 1. The van der Waals surface area contributed by atoms with Gasteiger partial charge in [0, 0.05) is 31.1 Å². The summed E-state index contributed by atoms with van der Waals surface area (Å²) in [7, 11) is 1.91. The van der Waals surface area contributed by atoms with Crippen molar-refractivity contribution in [1.82, 2.24) is 20.2 Å². The van der Waals surface area contributed by atoms with E-state index in [4.69, 9.17) is 0 Å². The van der Waals surface area contributed by atoms with Crippen LogP contribution < -0.4 is 16.0 Å². The van der Waals surface area contributed by atoms with Crippen molar-refractivity contribution in [2.45, 2.75) is 12.6 Å². The minimum Gasteiger partial charge on any atom is -0.352 e. The summed E-state index contributed by atoms with van der Waals surface area (Å²) in [5, 5.41) is 9.49. The normalized spacial score (nSPS) is 19.8. The fourth-order valence-electron chi connectivity index (χ4n) is 3.10. The molecule has 3 N–H and O–H groups in total. The van der Waals surface area contributed by atoms with Crippen LogP contribution in [0, 0.1) is 0 Å². The third-order valence-electron chi connectivity index (χ3n) is 4.17. The Morgan fingerprint density at radius 1 is 1.43 bits per heavy atom. The van der Waals surface area contributed by atoms with Gasteiger partial charge in [0.25, 0.3) is 5.91 Å². The van der Waals surface area contributed by atoms with Gasteiger partial charge in [0.05, 0.1) is 5.56 Å². The zero-order chi connectivity index (χ0) is 16.0. The fraction of sp³-hybridized carbons (Fsp3) is 0.250. The lowest BCUT2D eigenvalue weighted by molar-refractivity contribution is 0.0947. The van der Waals surface area contributed by atoms with Crippen LogP contribution in [-0.4, -0.2) is 28.2 Å². The van der Waals surface area contributed by atoms with E-state index in [-0.39, 0.29) is 12.1 Å². The molecule has 0 fully saturated rings. The Kier molecular flexibility index (Phi) is 3.07. The minimum atomic E-state index is -0.392. The number of aromatic nitrogens is 2. The lowest BCUT2D eigenvalue weighted by Gasteiger charge is -2.19. The number of pyridine rings is 1. The predicted octanol–water partition coefficient (Wildman–Crippen LogP) is 1.57. The van der Waals surface area contributed by atoms with Crippen LogP contribution in [0.3, 0.4) is 0 Å². The molecule has 4 heterocycles. The summed E-state index contributed by atoms with van der Waals surface area (Å²) in [5.41, 5.74) is 2.45. The molecule has 4 rings (SSSR count). The first-order valence-corrected chi connectivity index (χ1v) is 7.47. The van der Waals surface area contributed by atoms with E-state index < -0.39 is 5.95 Å². The van der Waals surface area contributed by atoms with Crippen molar-refractivity contribution in [2.75, 3.05) is 11.9 Å². The third-order valence-corrected chi connectivity index (χ3v) is 4.17. The molecule has 7 heteroatoms. The second kappa shape index (κ2) is 5.12. The number of rotatable bonds is 2. The topological polar surface area (TPSA) is 71.0 Å². The van der Waals surface area contributed by atoms with E-state index in [0.717, 1.165) is 23.1 Å². The first kappa shape index (κ1) is 13.8. The molecule has 0 saturated heterocycles. The molecular formula is C16H16FN5O. The Morgan fingerprint density at radius 2 is 2.30 bits per heavy atom. The van der Waals surface area contributed by atoms with E-state index in [9.17, 15) is 9.18 Å². The average Bonchev–Trinajstić information content (AvgIpc) is 2.82. The van der Waals surface area contributed by atoms with Crippen LogP contribution in [0.5, 0.6) is 0 Å². The molecule has 23 heavy (non-hydrogen) atoms. The van der Waals surface area contributed by atoms with Crippen molar-refractivity contribution in [1.29, 1.82) is 0 Å². The highest BCUT2D eigenvalue weighted by Crippen LogP contribution is 2.27. The first-order chi connectivity index (χ1) is 11.1. The van der Waals surface area contributed by atoms with Crippen molar-refractivity contribution in [3.8, 4) is 0 Å². The number of hydrogen-bond donors (Lipinski definition) is 3. The van der Waals surface area contributed by atoms with Crippen LogP contribution in [-0.2, 0) is 13.5 Å². The molecule has 118 valence electrons. The zero-order valence-corrected chi connectivity index (χ0v) is 12.6. The van der Waals surface area contributed by atoms with Crippen molar-refractivity contribution in [2.24, 2.45) is 7.05 Å². The van der Waals surface area contributed by atoms with Crippen LogP contribution in [0.1, 0.15) is 16.1 Å². The maximum absolute atomic E-state index is 13.2. The number of carbonyl (C=O) groups is 1. The number of aryl methyl sites for hydroxylation is 1. The highest BCUT2D eigenvalue weighted by atomic mass is 19.1. The summed E-state index contributed by atoms with van der Waals surface area (Å²) in [4.78, 5) is 16.7. The largest absolute Gasteiger partial charge is 0.352 e. The van der Waals surface area contributed by atoms with Crippen molar-refractivity contribution in [3.63, 3.8) is 0 Å². The summed E-state index contributed by atoms with van der Waals surface area (Å²) >= 11 is 0. The number of halogens is 1. The molecule has 2 aromatic heterocycles. The quantitative estimate of drug-likeness (QED) is 0.736. The standard InChI is InChI=1S/C16H16FN5O/c1-22-10-7-8-18-16(23)14(10)9-5-6-13(21-15(9)22)20-12-4-2-3-11(17)19-12/h2-6,12,19H,7-8H2,1H3,(H,18,23)(H,20,21). The Labute approximate surface area is 132 Å². The second-order valence-corrected chi connectivity index (χ2v) is 5.62. The third kappa shape index (κ3) is 2.25. The molecule has 2 aromatic rings. The van der Waals surface area contributed by atoms with Gasteiger partial charge in [-0.2, -0.15) is 4.39 Å². The Morgan fingerprint density at radius 3 is 3.13 bits per heavy atom. The van der Waals surface area contributed by atoms with E-state index in [1.165, 1.54) is 6.08 Å². The van der Waals surface area contributed by atoms with E-state index in [2.05, 4.69) is 20.9 Å². The van der Waals surface area contributed by atoms with Gasteiger partial charge in [-0.25, -0.2) is 4.98 Å². The van der Waals surface area contributed by atoms with Crippen LogP contribution in [0.25, 0.3) is 11.0 Å². The lowest BCUT2D eigenvalue weighted by Crippen LogP contribution is -2.34. The Balaban J connectivity index is 1.71. The van der Waals surface area contributed by atoms with E-state index >= 15 is 0 Å². The van der Waals surface area contributed by atoms with Crippen molar-refractivity contribution < 1.29 is 9.18 Å². The van der Waals surface area contributed by atoms with Crippen LogP contribution in [0.4, 0.5) is 10.2 Å². The molecule has 0 spiro atoms. The zero-order valence-electron chi connectivity index (χ0n) is 12.6. The van der Waals surface area contributed by atoms with E-state index in [1.54, 1.807) is 18.2 Å². The van der Waals surface area contributed by atoms with Gasteiger partial charge in [0.1, 0.15) is 17.6 Å². The Bertz CT molecular complexity index is 867. The van der Waals surface area contributed by atoms with Gasteiger partial charge in [0.2, 0.25) is 0 Å². The van der Waals surface area contributed by atoms with Crippen LogP contribution in [0.2, 0.25) is 0 Å². The van der Waals surface area contributed by atoms with Gasteiger partial charge in [0.15, 0.2) is 5.95 Å². The van der Waals surface area contributed by atoms with Gasteiger partial charge >= 0.3 is 0 Å². The van der Waals surface area contributed by atoms with Crippen LogP contribution >= 0.6 is 0 Å². The minimum absolute atomic E-state index is 0.0524. The smallest absolute Gasteiger partial charge is 0.253 e. The molecule has 0 bridgehead atoms. The Hall–Kier alpha value is -2.83. The summed E-state index contributed by atoms with van der Waals surface area (Å²) in [5.74, 6) is 0.174. The maximum atomic E-state index is 13.2. The summed E-state index contributed by atoms with van der Waals surface area (Å²) in [6, 6.07) is 3.68. The van der Waals surface area contributed by atoms with Gasteiger partial charge in [-0.3, -0.25) is 4.79 Å². The number of carbonyl (C=O) groups excluding carboxylic acids is 1. The molecule has 1 atom stereocenters. The number of dihydropyridines is 1. The number of hydrogen-bond acceptors (Lipinski definition) is 4. The van der Waals surface area contributed by atoms with Gasteiger partial charge in [-0.15, -0.1) is 0 Å². The summed E-state index contributed by atoms with van der Waals surface area (Å²) < 4.78 is 15.2. The fourth-order valence-corrected chi connectivity index (χ4v) is 3.10. The second-order valence-electron chi connectivity index (χ2n) is 5.62. The molecule has 0 radical (unpaired) electrons. The number of nitrogens with one attached hydrogen (secondary N) is 3. The molecule has 0 saturated carbocycles. The van der Waals surface area contributed by atoms with E-state index in [0.29, 0.717) is 17.9 Å². The molecule has 1 amide bonds. The monoisotopic (exact) mass is 313 g/mol. The van der Waals surface area contributed by atoms with Gasteiger partial charge in [-0.05, 0) is 24.3 Å². The summed E-state index contributed by atoms with van der Waals surface area (Å²) in [6.07, 6.45) is 5.24. The molecule has 6 nitrogen and oxygen atoms in total. The average molecular weight is 313 g/mol. The SMILES string of the molecule is Cn1c2c(c3ccc(NC4C=CC=C(F)N4)nc31)C(=O)NCC2. The molecule has 2 aliphatic rings. The van der Waals surface area contributed by atoms with Crippen molar-refractivity contribution >= 4 is 22.8 Å². The molecule has 0 aromatic carbocycles. The number of fused-ring (bicyclic) bond motifs is 3. The van der Waals surface area contributed by atoms with Crippen LogP contribution in [0.15, 0.2) is 36.3 Å². The van der Waals surface area contributed by atoms with E-state index in [1.807, 2.05) is 17.7 Å². The van der Waals surface area contributed by atoms with Gasteiger partial charge in [-0.1, -0.05) is 6.08 Å². The molecular weight excluding hydrogens is 297 g/mol. The lowest BCUT2D eigenvalue weighted by atomic mass is 10.1. The number of nitrogens with zero attached hydrogens (tertiary/aromatic N) is 2. The number of allylic oxidation sites excluding steroid dienone is 2. The number of anilines is 1.